The Bertz CT molecular complexity index is 450. The summed E-state index contributed by atoms with van der Waals surface area (Å²) in [5.74, 6) is 0.0877. The van der Waals surface area contributed by atoms with Crippen molar-refractivity contribution in [3.05, 3.63) is 29.8 Å². The highest BCUT2D eigenvalue weighted by atomic mass is 16.7. The predicted molar refractivity (Wildman–Crippen MR) is 79.5 cm³/mol. The fourth-order valence-electron chi connectivity index (χ4n) is 1.53. The van der Waals surface area contributed by atoms with Crippen molar-refractivity contribution in [1.82, 2.24) is 0 Å². The molecule has 0 aliphatic rings. The summed E-state index contributed by atoms with van der Waals surface area (Å²) in [6, 6.07) is 7.00. The van der Waals surface area contributed by atoms with E-state index in [9.17, 15) is 4.79 Å². The molecule has 0 bridgehead atoms. The van der Waals surface area contributed by atoms with Crippen molar-refractivity contribution >= 4 is 5.97 Å². The summed E-state index contributed by atoms with van der Waals surface area (Å²) < 4.78 is 21.2. The molecule has 0 N–H and O–H groups in total. The Hall–Kier alpha value is -1.59. The summed E-state index contributed by atoms with van der Waals surface area (Å²) in [6.45, 7) is 7.98. The zero-order chi connectivity index (χ0) is 15.9. The molecule has 0 spiro atoms. The van der Waals surface area contributed by atoms with Crippen LogP contribution in [0.1, 0.15) is 38.1 Å². The number of benzene rings is 1. The van der Waals surface area contributed by atoms with E-state index in [-0.39, 0.29) is 6.29 Å². The second-order valence-corrected chi connectivity index (χ2v) is 5.52. The van der Waals surface area contributed by atoms with Crippen LogP contribution in [0.4, 0.5) is 0 Å². The molecule has 0 saturated carbocycles. The van der Waals surface area contributed by atoms with Crippen molar-refractivity contribution < 1.29 is 23.7 Å². The van der Waals surface area contributed by atoms with Gasteiger partial charge in [0, 0.05) is 7.11 Å². The molecule has 0 heterocycles. The Morgan fingerprint density at radius 2 is 1.86 bits per heavy atom. The first-order chi connectivity index (χ1) is 9.83. The molecule has 0 aromatic heterocycles. The summed E-state index contributed by atoms with van der Waals surface area (Å²) in [5.41, 5.74) is -0.131. The largest absolute Gasteiger partial charge is 0.490 e. The molecule has 0 aliphatic carbocycles. The lowest BCUT2D eigenvalue weighted by atomic mass is 10.1. The molecule has 0 fully saturated rings. The molecule has 21 heavy (non-hydrogen) atoms. The van der Waals surface area contributed by atoms with Crippen LogP contribution in [0, 0.1) is 0 Å². The first-order valence-corrected chi connectivity index (χ1v) is 6.93. The number of ether oxygens (including phenoxy) is 4. The van der Waals surface area contributed by atoms with E-state index in [4.69, 9.17) is 18.9 Å². The zero-order valence-electron chi connectivity index (χ0n) is 13.3. The molecule has 5 heteroatoms. The molecule has 1 aromatic rings. The van der Waals surface area contributed by atoms with Gasteiger partial charge in [0.2, 0.25) is 0 Å². The molecular formula is C16H24O5. The smallest absolute Gasteiger partial charge is 0.342 e. The Morgan fingerprint density at radius 3 is 2.48 bits per heavy atom. The lowest BCUT2D eigenvalue weighted by Gasteiger charge is -2.20. The van der Waals surface area contributed by atoms with Gasteiger partial charge >= 0.3 is 5.97 Å². The van der Waals surface area contributed by atoms with Gasteiger partial charge in [-0.05, 0) is 39.8 Å². The van der Waals surface area contributed by atoms with Crippen LogP contribution in [-0.2, 0) is 14.2 Å². The average Bonchev–Trinajstić information content (AvgIpc) is 2.41. The number of methoxy groups -OCH3 is 1. The number of para-hydroxylation sites is 1. The molecular weight excluding hydrogens is 272 g/mol. The van der Waals surface area contributed by atoms with E-state index in [1.54, 1.807) is 32.2 Å². The molecule has 0 amide bonds. The third-order valence-electron chi connectivity index (χ3n) is 2.53. The second-order valence-electron chi connectivity index (χ2n) is 5.52. The molecule has 118 valence electrons. The van der Waals surface area contributed by atoms with E-state index < -0.39 is 11.6 Å². The topological polar surface area (TPSA) is 54.0 Å². The minimum absolute atomic E-state index is 0.283. The van der Waals surface area contributed by atoms with Gasteiger partial charge in [-0.1, -0.05) is 12.1 Å². The number of rotatable bonds is 7. The van der Waals surface area contributed by atoms with Gasteiger partial charge in [0.05, 0.1) is 6.61 Å². The average molecular weight is 296 g/mol. The first kappa shape index (κ1) is 17.5. The highest BCUT2D eigenvalue weighted by Gasteiger charge is 2.20. The van der Waals surface area contributed by atoms with E-state index in [0.29, 0.717) is 24.5 Å². The minimum atomic E-state index is -0.540. The van der Waals surface area contributed by atoms with Crippen molar-refractivity contribution in [3.63, 3.8) is 0 Å². The van der Waals surface area contributed by atoms with Gasteiger partial charge in [-0.15, -0.1) is 0 Å². The van der Waals surface area contributed by atoms with Gasteiger partial charge in [-0.25, -0.2) is 4.79 Å². The van der Waals surface area contributed by atoms with Gasteiger partial charge in [0.1, 0.15) is 23.5 Å². The molecule has 0 saturated heterocycles. The SMILES string of the molecule is COC(C)OCCOc1ccccc1C(=O)OC(C)(C)C. The maximum absolute atomic E-state index is 12.1. The van der Waals surface area contributed by atoms with Crippen LogP contribution in [0.3, 0.4) is 0 Å². The molecule has 0 aliphatic heterocycles. The van der Waals surface area contributed by atoms with Crippen LogP contribution in [0.5, 0.6) is 5.75 Å². The lowest BCUT2D eigenvalue weighted by Crippen LogP contribution is -2.24. The number of esters is 1. The summed E-state index contributed by atoms with van der Waals surface area (Å²) in [5, 5.41) is 0. The minimum Gasteiger partial charge on any atom is -0.490 e. The van der Waals surface area contributed by atoms with E-state index in [1.807, 2.05) is 26.8 Å². The summed E-state index contributed by atoms with van der Waals surface area (Å²) >= 11 is 0. The van der Waals surface area contributed by atoms with E-state index in [2.05, 4.69) is 0 Å². The fourth-order valence-corrected chi connectivity index (χ4v) is 1.53. The number of hydrogen-bond donors (Lipinski definition) is 0. The van der Waals surface area contributed by atoms with E-state index in [0.717, 1.165) is 0 Å². The van der Waals surface area contributed by atoms with Gasteiger partial charge < -0.3 is 18.9 Å². The number of carbonyl (C=O) groups excluding carboxylic acids is 1. The molecule has 1 aromatic carbocycles. The normalized spacial score (nSPS) is 12.8. The Kier molecular flexibility index (Phi) is 6.65. The van der Waals surface area contributed by atoms with Crippen molar-refractivity contribution in [3.8, 4) is 5.75 Å². The standard InChI is InChI=1S/C16H24O5/c1-12(18-5)19-10-11-20-14-9-7-6-8-13(14)15(17)21-16(2,3)4/h6-9,12H,10-11H2,1-5H3. The maximum Gasteiger partial charge on any atom is 0.342 e. The van der Waals surface area contributed by atoms with Crippen LogP contribution in [0.2, 0.25) is 0 Å². The number of hydrogen-bond acceptors (Lipinski definition) is 5. The van der Waals surface area contributed by atoms with Gasteiger partial charge in [-0.3, -0.25) is 0 Å². The van der Waals surface area contributed by atoms with Crippen LogP contribution in [0.15, 0.2) is 24.3 Å². The van der Waals surface area contributed by atoms with Crippen molar-refractivity contribution in [1.29, 1.82) is 0 Å². The maximum atomic E-state index is 12.1. The third-order valence-corrected chi connectivity index (χ3v) is 2.53. The van der Waals surface area contributed by atoms with Gasteiger partial charge in [-0.2, -0.15) is 0 Å². The molecule has 0 radical (unpaired) electrons. The highest BCUT2D eigenvalue weighted by molar-refractivity contribution is 5.92. The molecule has 1 unspecified atom stereocenters. The van der Waals surface area contributed by atoms with Gasteiger partial charge in [0.15, 0.2) is 6.29 Å². The zero-order valence-corrected chi connectivity index (χ0v) is 13.3. The molecule has 1 atom stereocenters. The summed E-state index contributed by atoms with van der Waals surface area (Å²) in [6.07, 6.45) is -0.283. The van der Waals surface area contributed by atoms with E-state index in [1.165, 1.54) is 0 Å². The van der Waals surface area contributed by atoms with Crippen molar-refractivity contribution in [2.75, 3.05) is 20.3 Å². The lowest BCUT2D eigenvalue weighted by molar-refractivity contribution is -0.115. The first-order valence-electron chi connectivity index (χ1n) is 6.93. The molecule has 1 rings (SSSR count). The highest BCUT2D eigenvalue weighted by Crippen LogP contribution is 2.21. The Labute approximate surface area is 126 Å². The third kappa shape index (κ3) is 6.60. The van der Waals surface area contributed by atoms with Crippen LogP contribution < -0.4 is 4.74 Å². The molecule has 5 nitrogen and oxygen atoms in total. The van der Waals surface area contributed by atoms with Crippen LogP contribution in [0.25, 0.3) is 0 Å². The Morgan fingerprint density at radius 1 is 1.19 bits per heavy atom. The summed E-state index contributed by atoms with van der Waals surface area (Å²) in [4.78, 5) is 12.1. The van der Waals surface area contributed by atoms with Crippen LogP contribution in [-0.4, -0.2) is 38.2 Å². The van der Waals surface area contributed by atoms with Crippen molar-refractivity contribution in [2.45, 2.75) is 39.6 Å². The van der Waals surface area contributed by atoms with Crippen molar-refractivity contribution in [2.24, 2.45) is 0 Å². The van der Waals surface area contributed by atoms with Crippen LogP contribution >= 0.6 is 0 Å². The van der Waals surface area contributed by atoms with Gasteiger partial charge in [0.25, 0.3) is 0 Å². The Balaban J connectivity index is 2.61. The quantitative estimate of drug-likeness (QED) is 0.440. The predicted octanol–water partition coefficient (Wildman–Crippen LogP) is 3.03. The monoisotopic (exact) mass is 296 g/mol. The summed E-state index contributed by atoms with van der Waals surface area (Å²) in [7, 11) is 1.57. The fraction of sp³-hybridized carbons (Fsp3) is 0.562. The second kappa shape index (κ2) is 8.00. The number of carbonyl (C=O) groups is 1. The van der Waals surface area contributed by atoms with E-state index >= 15 is 0 Å².